The van der Waals surface area contributed by atoms with Crippen LogP contribution in [-0.4, -0.2) is 40.9 Å². The zero-order valence-electron chi connectivity index (χ0n) is 18.3. The summed E-state index contributed by atoms with van der Waals surface area (Å²) < 4.78 is 10.6. The highest BCUT2D eigenvalue weighted by molar-refractivity contribution is 6.46. The van der Waals surface area contributed by atoms with Gasteiger partial charge in [-0.1, -0.05) is 41.4 Å². The van der Waals surface area contributed by atoms with Gasteiger partial charge in [-0.25, -0.2) is 0 Å². The number of aliphatic hydroxyl groups is 1. The highest BCUT2D eigenvalue weighted by Gasteiger charge is 2.46. The predicted octanol–water partition coefficient (Wildman–Crippen LogP) is 5.03. The number of nitrogens with zero attached hydrogens (tertiary/aromatic N) is 2. The van der Waals surface area contributed by atoms with Crippen molar-refractivity contribution in [3.05, 3.63) is 93.2 Å². The monoisotopic (exact) mass is 498 g/mol. The molecule has 0 aliphatic carbocycles. The number of ketones is 1. The fraction of sp³-hybridized carbons (Fsp3) is 0.160. The zero-order valence-corrected chi connectivity index (χ0v) is 19.8. The fourth-order valence-corrected chi connectivity index (χ4v) is 4.26. The molecule has 1 fully saturated rings. The van der Waals surface area contributed by atoms with Gasteiger partial charge in [0.1, 0.15) is 17.3 Å². The third-order valence-corrected chi connectivity index (χ3v) is 6.06. The summed E-state index contributed by atoms with van der Waals surface area (Å²) in [6, 6.07) is 14.1. The van der Waals surface area contributed by atoms with Crippen LogP contribution < -0.4 is 9.47 Å². The van der Waals surface area contributed by atoms with E-state index >= 15 is 0 Å². The summed E-state index contributed by atoms with van der Waals surface area (Å²) in [4.78, 5) is 32.0. The Morgan fingerprint density at radius 3 is 2.35 bits per heavy atom. The van der Waals surface area contributed by atoms with Crippen molar-refractivity contribution in [3.63, 3.8) is 0 Å². The Bertz CT molecular complexity index is 1280. The Labute approximate surface area is 206 Å². The summed E-state index contributed by atoms with van der Waals surface area (Å²) in [5.41, 5.74) is 1.25. The average Bonchev–Trinajstić information content (AvgIpc) is 3.09. The summed E-state index contributed by atoms with van der Waals surface area (Å²) in [7, 11) is 2.86. The van der Waals surface area contributed by atoms with Gasteiger partial charge >= 0.3 is 0 Å². The van der Waals surface area contributed by atoms with E-state index in [-0.39, 0.29) is 28.5 Å². The van der Waals surface area contributed by atoms with E-state index in [0.717, 1.165) is 0 Å². The first kappa shape index (κ1) is 23.6. The van der Waals surface area contributed by atoms with Gasteiger partial charge in [-0.05, 0) is 35.9 Å². The van der Waals surface area contributed by atoms with Crippen LogP contribution in [0.25, 0.3) is 5.76 Å². The molecule has 2 aromatic carbocycles. The molecule has 0 radical (unpaired) electrons. The molecule has 9 heteroatoms. The molecule has 1 amide bonds. The zero-order chi connectivity index (χ0) is 24.4. The number of amides is 1. The summed E-state index contributed by atoms with van der Waals surface area (Å²) in [5.74, 6) is -1.44. The number of rotatable bonds is 6. The summed E-state index contributed by atoms with van der Waals surface area (Å²) in [6.07, 6.45) is 1.60. The first-order valence-corrected chi connectivity index (χ1v) is 11.0. The van der Waals surface area contributed by atoms with E-state index < -0.39 is 23.5 Å². The smallest absolute Gasteiger partial charge is 0.296 e. The number of aromatic nitrogens is 1. The number of carbonyl (C=O) groups excluding carboxylic acids is 2. The Kier molecular flexibility index (Phi) is 6.77. The van der Waals surface area contributed by atoms with Gasteiger partial charge in [0, 0.05) is 17.3 Å². The molecule has 1 atom stereocenters. The number of carbonyl (C=O) groups is 2. The molecule has 2 heterocycles. The molecule has 174 valence electrons. The van der Waals surface area contributed by atoms with Crippen LogP contribution in [0.4, 0.5) is 0 Å². The van der Waals surface area contributed by atoms with Gasteiger partial charge in [0.15, 0.2) is 0 Å². The highest BCUT2D eigenvalue weighted by atomic mass is 35.5. The third kappa shape index (κ3) is 4.32. The Hall–Kier alpha value is -3.55. The SMILES string of the molecule is COc1cc(OC)c(/C(O)=C2\C(=O)C(=O)N(Cc3ccccn3)C2c2ccc(Cl)cc2)cc1Cl. The van der Waals surface area contributed by atoms with Crippen molar-refractivity contribution in [2.24, 2.45) is 0 Å². The fourth-order valence-electron chi connectivity index (χ4n) is 3.89. The van der Waals surface area contributed by atoms with E-state index in [4.69, 9.17) is 32.7 Å². The first-order chi connectivity index (χ1) is 16.3. The van der Waals surface area contributed by atoms with Gasteiger partial charge in [-0.2, -0.15) is 0 Å². The lowest BCUT2D eigenvalue weighted by atomic mass is 9.95. The number of hydrogen-bond donors (Lipinski definition) is 1. The number of Topliss-reactive ketones (excluding diaryl/α,β-unsaturated/α-hetero) is 1. The lowest BCUT2D eigenvalue weighted by Gasteiger charge is -2.25. The van der Waals surface area contributed by atoms with Crippen molar-refractivity contribution < 1.29 is 24.2 Å². The second kappa shape index (κ2) is 9.75. The molecule has 1 unspecified atom stereocenters. The van der Waals surface area contributed by atoms with Gasteiger partial charge in [0.2, 0.25) is 0 Å². The van der Waals surface area contributed by atoms with E-state index in [1.54, 1.807) is 48.7 Å². The Morgan fingerprint density at radius 2 is 1.74 bits per heavy atom. The summed E-state index contributed by atoms with van der Waals surface area (Å²) >= 11 is 12.3. The molecule has 1 N–H and O–H groups in total. The molecule has 0 saturated carbocycles. The van der Waals surface area contributed by atoms with E-state index in [0.29, 0.717) is 22.0 Å². The van der Waals surface area contributed by atoms with Crippen LogP contribution in [0.3, 0.4) is 0 Å². The maximum atomic E-state index is 13.2. The Balaban J connectivity index is 1.91. The van der Waals surface area contributed by atoms with Gasteiger partial charge in [0.25, 0.3) is 11.7 Å². The van der Waals surface area contributed by atoms with Crippen molar-refractivity contribution in [2.45, 2.75) is 12.6 Å². The minimum absolute atomic E-state index is 0.0655. The van der Waals surface area contributed by atoms with Gasteiger partial charge in [-0.3, -0.25) is 14.6 Å². The maximum Gasteiger partial charge on any atom is 0.296 e. The predicted molar refractivity (Wildman–Crippen MR) is 128 cm³/mol. The molecule has 3 aromatic rings. The summed E-state index contributed by atoms with van der Waals surface area (Å²) in [6.45, 7) is 0.0655. The van der Waals surface area contributed by atoms with Crippen LogP contribution in [0.15, 0.2) is 66.4 Å². The quantitative estimate of drug-likeness (QED) is 0.291. The number of benzene rings is 2. The lowest BCUT2D eigenvalue weighted by Crippen LogP contribution is -2.29. The van der Waals surface area contributed by atoms with Crippen LogP contribution in [-0.2, 0) is 16.1 Å². The molecule has 1 aliphatic rings. The topological polar surface area (TPSA) is 89.0 Å². The van der Waals surface area contributed by atoms with E-state index in [1.807, 2.05) is 0 Å². The van der Waals surface area contributed by atoms with Crippen LogP contribution in [0.1, 0.15) is 22.9 Å². The highest BCUT2D eigenvalue weighted by Crippen LogP contribution is 2.43. The third-order valence-electron chi connectivity index (χ3n) is 5.51. The van der Waals surface area contributed by atoms with Gasteiger partial charge < -0.3 is 19.5 Å². The molecule has 0 bridgehead atoms. The van der Waals surface area contributed by atoms with E-state index in [9.17, 15) is 14.7 Å². The number of hydrogen-bond acceptors (Lipinski definition) is 6. The van der Waals surface area contributed by atoms with Crippen molar-refractivity contribution in [3.8, 4) is 11.5 Å². The number of halogens is 2. The standard InChI is InChI=1S/C25H20Cl2N2O5/c1-33-19-12-20(34-2)18(27)11-17(19)23(30)21-22(14-6-8-15(26)9-7-14)29(25(32)24(21)31)13-16-5-3-4-10-28-16/h3-12,22,30H,13H2,1-2H3/b23-21+. The number of pyridine rings is 1. The second-order valence-electron chi connectivity index (χ2n) is 7.49. The second-order valence-corrected chi connectivity index (χ2v) is 8.33. The number of ether oxygens (including phenoxy) is 2. The van der Waals surface area contributed by atoms with Gasteiger partial charge in [-0.15, -0.1) is 0 Å². The molecule has 34 heavy (non-hydrogen) atoms. The number of aliphatic hydroxyl groups excluding tert-OH is 1. The number of methoxy groups -OCH3 is 2. The molecule has 7 nitrogen and oxygen atoms in total. The largest absolute Gasteiger partial charge is 0.507 e. The molecular formula is C25H20Cl2N2O5. The molecule has 1 saturated heterocycles. The average molecular weight is 499 g/mol. The first-order valence-electron chi connectivity index (χ1n) is 10.2. The lowest BCUT2D eigenvalue weighted by molar-refractivity contribution is -0.140. The van der Waals surface area contributed by atoms with Crippen LogP contribution in [0.2, 0.25) is 10.0 Å². The van der Waals surface area contributed by atoms with E-state index in [1.165, 1.54) is 31.3 Å². The van der Waals surface area contributed by atoms with Crippen molar-refractivity contribution in [1.29, 1.82) is 0 Å². The molecule has 0 spiro atoms. The molecule has 4 rings (SSSR count). The molecule has 1 aromatic heterocycles. The van der Waals surface area contributed by atoms with Crippen LogP contribution in [0.5, 0.6) is 11.5 Å². The van der Waals surface area contributed by atoms with Crippen LogP contribution in [0, 0.1) is 0 Å². The van der Waals surface area contributed by atoms with Crippen molar-refractivity contribution >= 4 is 40.7 Å². The van der Waals surface area contributed by atoms with Crippen LogP contribution >= 0.6 is 23.2 Å². The van der Waals surface area contributed by atoms with E-state index in [2.05, 4.69) is 4.98 Å². The van der Waals surface area contributed by atoms with Gasteiger partial charge in [0.05, 0.1) is 48.7 Å². The minimum Gasteiger partial charge on any atom is -0.507 e. The molecular weight excluding hydrogens is 479 g/mol. The maximum absolute atomic E-state index is 13.2. The van der Waals surface area contributed by atoms with Crippen molar-refractivity contribution in [1.82, 2.24) is 9.88 Å². The normalized spacial score (nSPS) is 17.2. The number of likely N-dealkylation sites (tertiary alicyclic amines) is 1. The molecule has 1 aliphatic heterocycles. The van der Waals surface area contributed by atoms with Crippen molar-refractivity contribution in [2.75, 3.05) is 14.2 Å². The minimum atomic E-state index is -0.884. The Morgan fingerprint density at radius 1 is 1.03 bits per heavy atom. The summed E-state index contributed by atoms with van der Waals surface area (Å²) in [5, 5.41) is 12.0.